The van der Waals surface area contributed by atoms with Crippen LogP contribution in [0.15, 0.2) is 46.9 Å². The fourth-order valence-electron chi connectivity index (χ4n) is 2.17. The molecule has 110 valence electrons. The van der Waals surface area contributed by atoms with Gasteiger partial charge in [0.2, 0.25) is 0 Å². The number of carbonyl (C=O) groups excluding carboxylic acids is 1. The molecule has 1 atom stereocenters. The number of rotatable bonds is 5. The van der Waals surface area contributed by atoms with Gasteiger partial charge in [0.05, 0.1) is 11.6 Å². The summed E-state index contributed by atoms with van der Waals surface area (Å²) in [6, 6.07) is 13.3. The second-order valence-electron chi connectivity index (χ2n) is 5.11. The number of halogens is 1. The van der Waals surface area contributed by atoms with Crippen molar-refractivity contribution >= 4 is 21.7 Å². The van der Waals surface area contributed by atoms with Gasteiger partial charge < -0.3 is 4.74 Å². The smallest absolute Gasteiger partial charge is 0.193 e. The van der Waals surface area contributed by atoms with Crippen LogP contribution in [0.2, 0.25) is 0 Å². The molecule has 2 aromatic carbocycles. The van der Waals surface area contributed by atoms with Crippen molar-refractivity contribution in [3.63, 3.8) is 0 Å². The van der Waals surface area contributed by atoms with Gasteiger partial charge in [-0.15, -0.1) is 0 Å². The first kappa shape index (κ1) is 15.8. The largest absolute Gasteiger partial charge is 0.496 e. The average molecular weight is 347 g/mol. The summed E-state index contributed by atoms with van der Waals surface area (Å²) in [4.78, 5) is 12.5. The maximum atomic E-state index is 12.5. The van der Waals surface area contributed by atoms with E-state index in [1.54, 1.807) is 25.3 Å². The molecule has 0 saturated carbocycles. The van der Waals surface area contributed by atoms with Crippen LogP contribution in [0, 0.1) is 0 Å². The summed E-state index contributed by atoms with van der Waals surface area (Å²) < 4.78 is 5.97. The molecule has 0 radical (unpaired) electrons. The van der Waals surface area contributed by atoms with E-state index >= 15 is 0 Å². The quantitative estimate of drug-likeness (QED) is 0.695. The molecule has 0 spiro atoms. The van der Waals surface area contributed by atoms with Crippen molar-refractivity contribution in [2.45, 2.75) is 26.2 Å². The van der Waals surface area contributed by atoms with Gasteiger partial charge in [0, 0.05) is 11.1 Å². The molecule has 0 aliphatic carbocycles. The molecule has 3 heteroatoms. The van der Waals surface area contributed by atoms with E-state index in [0.717, 1.165) is 16.6 Å². The summed E-state index contributed by atoms with van der Waals surface area (Å²) in [5.41, 5.74) is 2.63. The highest BCUT2D eigenvalue weighted by atomic mass is 79.9. The van der Waals surface area contributed by atoms with Crippen LogP contribution in [-0.4, -0.2) is 12.9 Å². The monoisotopic (exact) mass is 346 g/mol. The van der Waals surface area contributed by atoms with Crippen LogP contribution < -0.4 is 4.74 Å². The first-order chi connectivity index (χ1) is 10.1. The molecular weight excluding hydrogens is 328 g/mol. The Labute approximate surface area is 134 Å². The SMILES string of the molecule is CCC(C)c1ccc(C(=O)c2ccc(OC)c(Br)c2)cc1. The molecule has 0 amide bonds. The van der Waals surface area contributed by atoms with E-state index in [9.17, 15) is 4.79 Å². The number of methoxy groups -OCH3 is 1. The Morgan fingerprint density at radius 2 is 1.76 bits per heavy atom. The number of hydrogen-bond acceptors (Lipinski definition) is 2. The highest BCUT2D eigenvalue weighted by Crippen LogP contribution is 2.27. The fraction of sp³-hybridized carbons (Fsp3) is 0.278. The third kappa shape index (κ3) is 3.53. The van der Waals surface area contributed by atoms with Crippen molar-refractivity contribution in [1.82, 2.24) is 0 Å². The van der Waals surface area contributed by atoms with Crippen molar-refractivity contribution in [3.8, 4) is 5.75 Å². The molecule has 0 heterocycles. The van der Waals surface area contributed by atoms with Crippen molar-refractivity contribution in [2.75, 3.05) is 7.11 Å². The first-order valence-corrected chi connectivity index (χ1v) is 7.84. The minimum absolute atomic E-state index is 0.0223. The molecule has 21 heavy (non-hydrogen) atoms. The lowest BCUT2D eigenvalue weighted by Gasteiger charge is -2.10. The summed E-state index contributed by atoms with van der Waals surface area (Å²) in [6.45, 7) is 4.36. The van der Waals surface area contributed by atoms with Gasteiger partial charge in [-0.25, -0.2) is 0 Å². The molecule has 2 aromatic rings. The Kier molecular flexibility index (Phi) is 5.18. The van der Waals surface area contributed by atoms with Gasteiger partial charge in [0.25, 0.3) is 0 Å². The highest BCUT2D eigenvalue weighted by molar-refractivity contribution is 9.10. The summed E-state index contributed by atoms with van der Waals surface area (Å²) >= 11 is 3.41. The topological polar surface area (TPSA) is 26.3 Å². The zero-order valence-corrected chi connectivity index (χ0v) is 14.1. The molecule has 0 fully saturated rings. The van der Waals surface area contributed by atoms with Gasteiger partial charge in [-0.3, -0.25) is 4.79 Å². The average Bonchev–Trinajstić information content (AvgIpc) is 2.53. The Morgan fingerprint density at radius 1 is 1.14 bits per heavy atom. The van der Waals surface area contributed by atoms with Crippen LogP contribution >= 0.6 is 15.9 Å². The zero-order valence-electron chi connectivity index (χ0n) is 12.5. The molecule has 0 bridgehead atoms. The molecule has 1 unspecified atom stereocenters. The summed E-state index contributed by atoms with van der Waals surface area (Å²) in [7, 11) is 1.61. The van der Waals surface area contributed by atoms with Crippen LogP contribution in [0.4, 0.5) is 0 Å². The van der Waals surface area contributed by atoms with Gasteiger partial charge in [0.1, 0.15) is 5.75 Å². The third-order valence-electron chi connectivity index (χ3n) is 3.77. The number of ether oxygens (including phenoxy) is 1. The first-order valence-electron chi connectivity index (χ1n) is 7.05. The van der Waals surface area contributed by atoms with Gasteiger partial charge in [-0.1, -0.05) is 38.1 Å². The zero-order chi connectivity index (χ0) is 15.4. The molecule has 0 aromatic heterocycles. The lowest BCUT2D eigenvalue weighted by Crippen LogP contribution is -2.02. The molecule has 0 N–H and O–H groups in total. The second kappa shape index (κ2) is 6.90. The molecule has 0 aliphatic rings. The van der Waals surface area contributed by atoms with E-state index in [4.69, 9.17) is 4.74 Å². The summed E-state index contributed by atoms with van der Waals surface area (Å²) in [5.74, 6) is 1.26. The maximum Gasteiger partial charge on any atom is 0.193 e. The predicted octanol–water partition coefficient (Wildman–Crippen LogP) is 5.20. The van der Waals surface area contributed by atoms with Crippen LogP contribution in [-0.2, 0) is 0 Å². The van der Waals surface area contributed by atoms with E-state index in [-0.39, 0.29) is 5.78 Å². The number of ketones is 1. The summed E-state index contributed by atoms with van der Waals surface area (Å²) in [6.07, 6.45) is 1.10. The van der Waals surface area contributed by atoms with E-state index in [1.165, 1.54) is 5.56 Å². The Hall–Kier alpha value is -1.61. The molecule has 2 nitrogen and oxygen atoms in total. The normalized spacial score (nSPS) is 12.0. The van der Waals surface area contributed by atoms with Crippen LogP contribution in [0.3, 0.4) is 0 Å². The minimum atomic E-state index is 0.0223. The van der Waals surface area contributed by atoms with E-state index < -0.39 is 0 Å². The standard InChI is InChI=1S/C18H19BrO2/c1-4-12(2)13-5-7-14(8-6-13)18(20)15-9-10-17(21-3)16(19)11-15/h5-12H,4H2,1-3H3. The van der Waals surface area contributed by atoms with E-state index in [2.05, 4.69) is 29.8 Å². The molecule has 2 rings (SSSR count). The molecule has 0 saturated heterocycles. The third-order valence-corrected chi connectivity index (χ3v) is 4.39. The molecule has 0 aliphatic heterocycles. The highest BCUT2D eigenvalue weighted by Gasteiger charge is 2.12. The number of carbonyl (C=O) groups is 1. The fourth-order valence-corrected chi connectivity index (χ4v) is 2.71. The Bertz CT molecular complexity index is 632. The van der Waals surface area contributed by atoms with E-state index in [1.807, 2.05) is 24.3 Å². The number of hydrogen-bond donors (Lipinski definition) is 0. The van der Waals surface area contributed by atoms with E-state index in [0.29, 0.717) is 17.0 Å². The van der Waals surface area contributed by atoms with Crippen molar-refractivity contribution in [1.29, 1.82) is 0 Å². The van der Waals surface area contributed by atoms with Crippen molar-refractivity contribution < 1.29 is 9.53 Å². The summed E-state index contributed by atoms with van der Waals surface area (Å²) in [5, 5.41) is 0. The Balaban J connectivity index is 2.25. The Morgan fingerprint density at radius 3 is 2.29 bits per heavy atom. The van der Waals surface area contributed by atoms with Gasteiger partial charge >= 0.3 is 0 Å². The lowest BCUT2D eigenvalue weighted by atomic mass is 9.95. The van der Waals surface area contributed by atoms with Crippen LogP contribution in [0.1, 0.15) is 47.7 Å². The maximum absolute atomic E-state index is 12.5. The van der Waals surface area contributed by atoms with Crippen molar-refractivity contribution in [2.24, 2.45) is 0 Å². The second-order valence-corrected chi connectivity index (χ2v) is 5.96. The minimum Gasteiger partial charge on any atom is -0.496 e. The van der Waals surface area contributed by atoms with Crippen LogP contribution in [0.25, 0.3) is 0 Å². The predicted molar refractivity (Wildman–Crippen MR) is 89.3 cm³/mol. The molecular formula is C18H19BrO2. The number of benzene rings is 2. The van der Waals surface area contributed by atoms with Gasteiger partial charge in [-0.05, 0) is 52.0 Å². The van der Waals surface area contributed by atoms with Gasteiger partial charge in [-0.2, -0.15) is 0 Å². The van der Waals surface area contributed by atoms with Crippen molar-refractivity contribution in [3.05, 3.63) is 63.6 Å². The lowest BCUT2D eigenvalue weighted by molar-refractivity contribution is 0.103. The van der Waals surface area contributed by atoms with Gasteiger partial charge in [0.15, 0.2) is 5.78 Å². The van der Waals surface area contributed by atoms with Crippen LogP contribution in [0.5, 0.6) is 5.75 Å².